The van der Waals surface area contributed by atoms with Crippen LogP contribution in [0.3, 0.4) is 0 Å². The van der Waals surface area contributed by atoms with Crippen molar-refractivity contribution in [3.63, 3.8) is 0 Å². The van der Waals surface area contributed by atoms with Gasteiger partial charge < -0.3 is 30.0 Å². The van der Waals surface area contributed by atoms with Crippen LogP contribution in [-0.2, 0) is 50.1 Å². The average molecular weight is 877 g/mol. The maximum atomic E-state index is 12.7. The number of carbonyl (C=O) groups excluding carboxylic acids is 2. The number of fused-ring (bicyclic) bond motifs is 2. The minimum Gasteiger partial charge on any atom is -0.744 e. The number of carbonyl (C=O) groups is 2. The third kappa shape index (κ3) is 13.6. The number of benzene rings is 4. The number of hydrogen-bond donors (Lipinski definition) is 6. The van der Waals surface area contributed by atoms with Crippen LogP contribution < -0.4 is 69.7 Å². The first-order valence-electron chi connectivity index (χ1n) is 16.0. The average Bonchev–Trinajstić information content (AvgIpc) is 3.03. The molecule has 0 radical (unpaired) electrons. The van der Waals surface area contributed by atoms with E-state index >= 15 is 0 Å². The Bertz CT molecular complexity index is 2400. The zero-order valence-corrected chi connectivity index (χ0v) is 37.3. The molecule has 0 aliphatic rings. The number of nitrogens with one attached hydrogen (secondary N) is 2. The van der Waals surface area contributed by atoms with E-state index in [1.165, 1.54) is 0 Å². The van der Waals surface area contributed by atoms with Gasteiger partial charge in [-0.25, -0.2) is 16.8 Å². The number of phenols is 2. The first-order chi connectivity index (χ1) is 24.9. The fraction of sp³-hybridized carbons (Fsp3) is 0.312. The van der Waals surface area contributed by atoms with Crippen molar-refractivity contribution >= 4 is 85.2 Å². The molecule has 0 aromatic heterocycles. The normalized spacial score (nSPS) is 12.1. The Balaban J connectivity index is 0.00000541. The second-order valence-corrected chi connectivity index (χ2v) is 17.9. The summed E-state index contributed by atoms with van der Waals surface area (Å²) in [5.41, 5.74) is -0.451. The molecule has 0 fully saturated rings. The van der Waals surface area contributed by atoms with Crippen molar-refractivity contribution in [2.45, 2.75) is 83.8 Å². The van der Waals surface area contributed by atoms with Crippen LogP contribution in [0.1, 0.15) is 64.2 Å². The van der Waals surface area contributed by atoms with E-state index < -0.39 is 83.4 Å². The van der Waals surface area contributed by atoms with Gasteiger partial charge in [-0.15, -0.1) is 0 Å². The van der Waals surface area contributed by atoms with Crippen molar-refractivity contribution in [1.29, 1.82) is 0 Å². The van der Waals surface area contributed by atoms with Gasteiger partial charge in [-0.2, -0.15) is 16.8 Å². The van der Waals surface area contributed by atoms with Gasteiger partial charge in [0.05, 0.1) is 31.0 Å². The SMILES string of the molecule is O=C(CCCCCCCCCCC(=O)Nc1cc(S(=O)(=O)O)cc2cc(S(=O)(=O)[O-])cc(O)c12)Nc1cc(S(=O)(=O)O)cc2cc(S(=O)(=O)[O-])cc(O)c12.[Na+].[Na+]. The summed E-state index contributed by atoms with van der Waals surface area (Å²) in [4.78, 5) is 22.2. The Morgan fingerprint density at radius 3 is 1.05 bits per heavy atom. The summed E-state index contributed by atoms with van der Waals surface area (Å²) in [7, 11) is -19.7. The number of unbranched alkanes of at least 4 members (excludes halogenated alkanes) is 7. The molecule has 0 saturated carbocycles. The maximum Gasteiger partial charge on any atom is 1.00 e. The van der Waals surface area contributed by atoms with Crippen LogP contribution in [0.5, 0.6) is 11.5 Å². The molecule has 0 spiro atoms. The fourth-order valence-corrected chi connectivity index (χ4v) is 7.86. The number of phenolic OH excluding ortho intramolecular Hbond substituents is 2. The molecule has 0 aliphatic heterocycles. The van der Waals surface area contributed by atoms with E-state index in [-0.39, 0.29) is 105 Å². The number of anilines is 2. The zero-order chi connectivity index (χ0) is 40.2. The number of amides is 2. The Morgan fingerprint density at radius 1 is 0.482 bits per heavy atom. The molecular weight excluding hydrogens is 843 g/mol. The van der Waals surface area contributed by atoms with Crippen LogP contribution >= 0.6 is 0 Å². The molecule has 0 bridgehead atoms. The molecule has 0 unspecified atom stereocenters. The topological polar surface area (TPSA) is 322 Å². The Morgan fingerprint density at radius 2 is 0.768 bits per heavy atom. The molecule has 4 aromatic rings. The molecular formula is C32H34N2Na2O16S4. The van der Waals surface area contributed by atoms with E-state index in [9.17, 15) is 71.7 Å². The van der Waals surface area contributed by atoms with Gasteiger partial charge in [-0.05, 0) is 72.1 Å². The molecule has 4 rings (SSSR count). The predicted molar refractivity (Wildman–Crippen MR) is 190 cm³/mol. The Labute approximate surface area is 367 Å². The van der Waals surface area contributed by atoms with Crippen LogP contribution in [0.2, 0.25) is 0 Å². The van der Waals surface area contributed by atoms with Crippen molar-refractivity contribution in [2.24, 2.45) is 0 Å². The summed E-state index contributed by atoms with van der Waals surface area (Å²) in [5, 5.41) is 25.0. The van der Waals surface area contributed by atoms with Crippen LogP contribution in [0.15, 0.2) is 68.1 Å². The van der Waals surface area contributed by atoms with Gasteiger partial charge in [0.2, 0.25) is 11.8 Å². The maximum absolute atomic E-state index is 12.7. The Kier molecular flexibility index (Phi) is 17.8. The van der Waals surface area contributed by atoms with E-state index in [0.717, 1.165) is 62.1 Å². The third-order valence-corrected chi connectivity index (χ3v) is 11.5. The molecule has 0 saturated heterocycles. The van der Waals surface area contributed by atoms with Crippen molar-refractivity contribution in [1.82, 2.24) is 0 Å². The molecule has 294 valence electrons. The molecule has 6 N–H and O–H groups in total. The van der Waals surface area contributed by atoms with Crippen LogP contribution in [0.25, 0.3) is 21.5 Å². The van der Waals surface area contributed by atoms with E-state index in [2.05, 4.69) is 10.6 Å². The van der Waals surface area contributed by atoms with Crippen LogP contribution in [-0.4, -0.2) is 73.9 Å². The minimum atomic E-state index is -5.03. The van der Waals surface area contributed by atoms with E-state index in [0.29, 0.717) is 37.8 Å². The summed E-state index contributed by atoms with van der Waals surface area (Å²) < 4.78 is 135. The first-order valence-corrected chi connectivity index (χ1v) is 21.7. The summed E-state index contributed by atoms with van der Waals surface area (Å²) in [6.45, 7) is 0. The van der Waals surface area contributed by atoms with Gasteiger partial charge in [0.1, 0.15) is 31.7 Å². The molecule has 24 heteroatoms. The monoisotopic (exact) mass is 876 g/mol. The molecule has 4 aromatic carbocycles. The minimum absolute atomic E-state index is 0. The molecule has 18 nitrogen and oxygen atoms in total. The largest absolute Gasteiger partial charge is 1.00 e. The third-order valence-electron chi connectivity index (χ3n) is 8.23. The Hall–Kier alpha value is -2.42. The van der Waals surface area contributed by atoms with Gasteiger partial charge in [-0.1, -0.05) is 38.5 Å². The number of aromatic hydroxyl groups is 2. The number of hydrogen-bond acceptors (Lipinski definition) is 14. The first kappa shape index (κ1) is 49.7. The van der Waals surface area contributed by atoms with Gasteiger partial charge in [0, 0.05) is 23.6 Å². The quantitative estimate of drug-likeness (QED) is 0.0387. The summed E-state index contributed by atoms with van der Waals surface area (Å²) in [5.74, 6) is -2.54. The van der Waals surface area contributed by atoms with Crippen molar-refractivity contribution in [3.8, 4) is 11.5 Å². The van der Waals surface area contributed by atoms with Gasteiger partial charge in [0.25, 0.3) is 20.2 Å². The van der Waals surface area contributed by atoms with E-state index in [4.69, 9.17) is 0 Å². The fourth-order valence-electron chi connectivity index (χ4n) is 5.72. The smallest absolute Gasteiger partial charge is 0.744 e. The van der Waals surface area contributed by atoms with Gasteiger partial charge in [0.15, 0.2) is 0 Å². The van der Waals surface area contributed by atoms with E-state index in [1.54, 1.807) is 0 Å². The van der Waals surface area contributed by atoms with Crippen molar-refractivity contribution < 1.29 is 131 Å². The zero-order valence-electron chi connectivity index (χ0n) is 30.0. The molecule has 0 aliphatic carbocycles. The van der Waals surface area contributed by atoms with Gasteiger partial charge in [-0.3, -0.25) is 18.7 Å². The van der Waals surface area contributed by atoms with E-state index in [1.807, 2.05) is 0 Å². The van der Waals surface area contributed by atoms with Crippen molar-refractivity contribution in [3.05, 3.63) is 48.5 Å². The summed E-state index contributed by atoms with van der Waals surface area (Å²) in [6, 6.07) is 6.42. The van der Waals surface area contributed by atoms with Crippen LogP contribution in [0.4, 0.5) is 11.4 Å². The molecule has 0 heterocycles. The van der Waals surface area contributed by atoms with Gasteiger partial charge >= 0.3 is 59.1 Å². The molecule has 2 amide bonds. The number of rotatable bonds is 17. The van der Waals surface area contributed by atoms with Crippen LogP contribution in [0, 0.1) is 0 Å². The summed E-state index contributed by atoms with van der Waals surface area (Å²) >= 11 is 0. The summed E-state index contributed by atoms with van der Waals surface area (Å²) in [6.07, 6.45) is 5.24. The second kappa shape index (κ2) is 20.0. The molecule has 56 heavy (non-hydrogen) atoms. The predicted octanol–water partition coefficient (Wildman–Crippen LogP) is -1.81. The standard InChI is InChI=1S/C32H36N2O16S4.2Na/c35-27-17-23(53(45,46)47)13-19-11-21(51(39,40)41)15-25(31(19)27)33-29(37)9-7-5-3-1-2-4-6-8-10-30(38)34-26-16-22(52(42,43)44)12-20-14-24(54(48,49)50)18-28(36)32(20)26;;/h11-18,35-36H,1-10H2,(H,33,37)(H,34,38)(H,39,40,41)(H,42,43,44)(H,45,46,47)(H,48,49,50);;/q;2*+1/p-2. The van der Waals surface area contributed by atoms with Crippen molar-refractivity contribution in [2.75, 3.05) is 10.6 Å². The second-order valence-electron chi connectivity index (χ2n) is 12.3. The molecule has 0 atom stereocenters.